The summed E-state index contributed by atoms with van der Waals surface area (Å²) in [7, 11) is -9.47. The molecular formula is C24H21BF4O3S2. The molecule has 0 spiro atoms. The molecule has 3 saturated carbocycles. The van der Waals surface area contributed by atoms with Crippen LogP contribution in [0.4, 0.5) is 17.3 Å². The molecule has 0 atom stereocenters. The molecule has 0 radical (unpaired) electrons. The number of hydrogen-bond acceptors (Lipinski definition) is 3. The quantitative estimate of drug-likeness (QED) is 0.228. The van der Waals surface area contributed by atoms with E-state index in [1.165, 1.54) is 9.79 Å². The van der Waals surface area contributed by atoms with Crippen molar-refractivity contribution in [2.24, 2.45) is 0 Å². The minimum absolute atomic E-state index is 0.0355. The van der Waals surface area contributed by atoms with Crippen LogP contribution in [0.3, 0.4) is 0 Å². The molecule has 3 aliphatic carbocycles. The second kappa shape index (κ2) is 7.78. The Kier molecular flexibility index (Phi) is 5.33. The fraction of sp³-hybridized carbons (Fsp3) is 0.250. The van der Waals surface area contributed by atoms with E-state index >= 15 is 0 Å². The van der Waals surface area contributed by atoms with E-state index in [1.807, 2.05) is 43.3 Å². The van der Waals surface area contributed by atoms with Gasteiger partial charge in [0.05, 0.1) is 20.5 Å². The van der Waals surface area contributed by atoms with Gasteiger partial charge in [0, 0.05) is 19.3 Å². The van der Waals surface area contributed by atoms with E-state index in [-0.39, 0.29) is 15.6 Å². The van der Waals surface area contributed by atoms with Crippen molar-refractivity contribution in [1.29, 1.82) is 0 Å². The highest BCUT2D eigenvalue weighted by Gasteiger charge is 2.83. The summed E-state index contributed by atoms with van der Waals surface area (Å²) in [4.78, 5) is 2.90. The Hall–Kier alpha value is -2.46. The third kappa shape index (κ3) is 3.71. The van der Waals surface area contributed by atoms with Gasteiger partial charge in [0.15, 0.2) is 21.3 Å². The van der Waals surface area contributed by atoms with Crippen molar-refractivity contribution in [2.75, 3.05) is 0 Å². The second-order valence-electron chi connectivity index (χ2n) is 9.01. The fourth-order valence-electron chi connectivity index (χ4n) is 5.18. The summed E-state index contributed by atoms with van der Waals surface area (Å²) in [5.41, 5.74) is 1.08. The molecule has 10 heteroatoms. The summed E-state index contributed by atoms with van der Waals surface area (Å²) in [5.74, 6) is 1.82. The van der Waals surface area contributed by atoms with Gasteiger partial charge in [0.25, 0.3) is 0 Å². The lowest BCUT2D eigenvalue weighted by molar-refractivity contribution is 0.0826. The van der Waals surface area contributed by atoms with Crippen LogP contribution >= 0.6 is 0 Å². The van der Waals surface area contributed by atoms with Crippen LogP contribution in [0, 0.1) is 6.92 Å². The van der Waals surface area contributed by atoms with Gasteiger partial charge in [-0.25, -0.2) is 8.42 Å². The SMILES string of the molecule is Cc1ccc(S(=O)(=O)C23CC([S+]4c5ccccc5Oc5ccccc54)(C2)C3)cc1.F[B-](F)(F)F. The molecule has 0 saturated heterocycles. The number of benzene rings is 3. The summed E-state index contributed by atoms with van der Waals surface area (Å²) in [6.07, 6.45) is 2.21. The molecule has 34 heavy (non-hydrogen) atoms. The van der Waals surface area contributed by atoms with Gasteiger partial charge in [-0.15, -0.1) is 0 Å². The molecule has 0 unspecified atom stereocenters. The van der Waals surface area contributed by atoms with Gasteiger partial charge < -0.3 is 22.0 Å². The highest BCUT2D eigenvalue weighted by atomic mass is 32.2. The molecule has 4 aliphatic rings. The average molecular weight is 508 g/mol. The summed E-state index contributed by atoms with van der Waals surface area (Å²) < 4.78 is 71.4. The van der Waals surface area contributed by atoms with Crippen LogP contribution in [0.2, 0.25) is 0 Å². The monoisotopic (exact) mass is 508 g/mol. The first kappa shape index (κ1) is 23.3. The number of para-hydroxylation sites is 2. The number of rotatable bonds is 3. The smallest absolute Gasteiger partial charge is 0.447 e. The van der Waals surface area contributed by atoms with Gasteiger partial charge in [-0.2, -0.15) is 0 Å². The molecule has 0 aromatic heterocycles. The Bertz CT molecular complexity index is 1290. The van der Waals surface area contributed by atoms with E-state index in [0.717, 1.165) is 36.3 Å². The van der Waals surface area contributed by atoms with Crippen LogP contribution in [0.5, 0.6) is 11.5 Å². The largest absolute Gasteiger partial charge is 0.673 e. The molecule has 3 aromatic rings. The van der Waals surface area contributed by atoms with Gasteiger partial charge >= 0.3 is 7.25 Å². The van der Waals surface area contributed by atoms with E-state index in [1.54, 1.807) is 12.1 Å². The predicted octanol–water partition coefficient (Wildman–Crippen LogP) is 6.59. The topological polar surface area (TPSA) is 43.4 Å². The fourth-order valence-corrected chi connectivity index (χ4v) is 11.3. The molecule has 3 nitrogen and oxygen atoms in total. The Morgan fingerprint density at radius 3 is 1.71 bits per heavy atom. The van der Waals surface area contributed by atoms with Crippen LogP contribution in [0.1, 0.15) is 24.8 Å². The van der Waals surface area contributed by atoms with Crippen molar-refractivity contribution >= 4 is 28.0 Å². The zero-order valence-electron chi connectivity index (χ0n) is 18.2. The number of sulfone groups is 1. The van der Waals surface area contributed by atoms with Gasteiger partial charge in [0.2, 0.25) is 9.79 Å². The van der Waals surface area contributed by atoms with Crippen LogP contribution < -0.4 is 4.74 Å². The molecule has 0 N–H and O–H groups in total. The molecule has 1 aliphatic heterocycles. The minimum Gasteiger partial charge on any atom is -0.447 e. The highest BCUT2D eigenvalue weighted by Crippen LogP contribution is 2.73. The lowest BCUT2D eigenvalue weighted by Gasteiger charge is -2.65. The van der Waals surface area contributed by atoms with Crippen molar-refractivity contribution in [1.82, 2.24) is 0 Å². The van der Waals surface area contributed by atoms with E-state index in [0.29, 0.717) is 4.90 Å². The first-order valence-corrected chi connectivity index (χ1v) is 13.4. The maximum atomic E-state index is 13.4. The van der Waals surface area contributed by atoms with Crippen LogP contribution in [-0.4, -0.2) is 25.2 Å². The predicted molar refractivity (Wildman–Crippen MR) is 125 cm³/mol. The Morgan fingerprint density at radius 2 is 1.24 bits per heavy atom. The molecule has 3 aromatic carbocycles. The maximum Gasteiger partial charge on any atom is 0.673 e. The summed E-state index contributed by atoms with van der Waals surface area (Å²) >= 11 is 0. The third-order valence-electron chi connectivity index (χ3n) is 6.63. The van der Waals surface area contributed by atoms with E-state index < -0.39 is 21.8 Å². The van der Waals surface area contributed by atoms with Crippen LogP contribution in [0.15, 0.2) is 87.5 Å². The van der Waals surface area contributed by atoms with E-state index in [4.69, 9.17) is 4.74 Å². The lowest BCUT2D eigenvalue weighted by atomic mass is 9.54. The summed E-state index contributed by atoms with van der Waals surface area (Å²) in [5, 5.41) is 0. The minimum atomic E-state index is -6.00. The Balaban J connectivity index is 0.000000439. The molecule has 3 fully saturated rings. The van der Waals surface area contributed by atoms with Crippen molar-refractivity contribution in [3.05, 3.63) is 78.4 Å². The number of halogens is 4. The Labute approximate surface area is 198 Å². The third-order valence-corrected chi connectivity index (χ3v) is 11.9. The molecule has 1 heterocycles. The van der Waals surface area contributed by atoms with Crippen molar-refractivity contribution in [3.63, 3.8) is 0 Å². The lowest BCUT2D eigenvalue weighted by Crippen LogP contribution is -2.77. The highest BCUT2D eigenvalue weighted by molar-refractivity contribution is 7.99. The second-order valence-corrected chi connectivity index (χ2v) is 13.7. The van der Waals surface area contributed by atoms with Gasteiger partial charge in [-0.1, -0.05) is 42.0 Å². The molecule has 7 rings (SSSR count). The first-order chi connectivity index (χ1) is 15.9. The average Bonchev–Trinajstić information content (AvgIpc) is 2.70. The maximum absolute atomic E-state index is 13.4. The molecular weight excluding hydrogens is 487 g/mol. The summed E-state index contributed by atoms with van der Waals surface area (Å²) in [6, 6.07) is 23.8. The van der Waals surface area contributed by atoms with Gasteiger partial charge in [0.1, 0.15) is 4.75 Å². The number of aryl methyl sites for hydroxylation is 1. The van der Waals surface area contributed by atoms with Crippen molar-refractivity contribution in [2.45, 2.75) is 50.4 Å². The molecule has 0 amide bonds. The van der Waals surface area contributed by atoms with Crippen LogP contribution in [-0.2, 0) is 20.7 Å². The number of hydrogen-bond donors (Lipinski definition) is 0. The normalized spacial score (nSPS) is 24.9. The van der Waals surface area contributed by atoms with Crippen LogP contribution in [0.25, 0.3) is 0 Å². The van der Waals surface area contributed by atoms with Crippen molar-refractivity contribution < 1.29 is 30.4 Å². The van der Waals surface area contributed by atoms with E-state index in [2.05, 4.69) is 24.3 Å². The van der Waals surface area contributed by atoms with E-state index in [9.17, 15) is 25.7 Å². The van der Waals surface area contributed by atoms with Gasteiger partial charge in [-0.3, -0.25) is 0 Å². The zero-order chi connectivity index (χ0) is 24.4. The molecule has 2 bridgehead atoms. The standard InChI is InChI=1S/C24H21O3S2.BF4/c1-17-10-12-18(13-11-17)29(25,26)24-14-23(15-24,16-24)28-21-8-4-2-6-19(21)27-20-7-3-5-9-22(20)28;2-1(3,4)5/h2-13H,14-16H2,1H3;/q+1;-1. The molecule has 178 valence electrons. The Morgan fingerprint density at radius 1 is 0.794 bits per heavy atom. The number of fused-ring (bicyclic) bond motifs is 2. The first-order valence-electron chi connectivity index (χ1n) is 10.7. The van der Waals surface area contributed by atoms with Gasteiger partial charge in [-0.05, 0) is 43.3 Å². The summed E-state index contributed by atoms with van der Waals surface area (Å²) in [6.45, 7) is 1.98. The zero-order valence-corrected chi connectivity index (χ0v) is 19.8. The number of ether oxygens (including phenoxy) is 1. The van der Waals surface area contributed by atoms with Crippen molar-refractivity contribution in [3.8, 4) is 11.5 Å².